The van der Waals surface area contributed by atoms with Gasteiger partial charge in [-0.15, -0.1) is 0 Å². The predicted molar refractivity (Wildman–Crippen MR) is 163 cm³/mol. The maximum Gasteiger partial charge on any atom is 0.133 e. The fourth-order valence-electron chi connectivity index (χ4n) is 3.07. The summed E-state index contributed by atoms with van der Waals surface area (Å²) in [5, 5.41) is 0. The maximum absolute atomic E-state index is 6.05. The van der Waals surface area contributed by atoms with E-state index in [9.17, 15) is 0 Å². The standard InChI is InChI=1S/C18H29O4P9/c1-10-11(2)18(19-23)15(12(3)17(10)20-29-24)6-4-5-13-7-8-14(21-30(25)26)9-16(13)22-31(27)28/h4,6-9,29H,5,23-28H2,1-3H3/b6-4+. The minimum absolute atomic E-state index is 0.305. The molecule has 2 aromatic rings. The van der Waals surface area contributed by atoms with E-state index in [1.165, 1.54) is 0 Å². The van der Waals surface area contributed by atoms with Crippen LogP contribution < -0.4 is 18.1 Å². The smallest absolute Gasteiger partial charge is 0.133 e. The van der Waals surface area contributed by atoms with Gasteiger partial charge in [-0.3, -0.25) is 0 Å². The summed E-state index contributed by atoms with van der Waals surface area (Å²) < 4.78 is 23.5. The molecule has 0 bridgehead atoms. The van der Waals surface area contributed by atoms with Gasteiger partial charge in [-0.25, -0.2) is 0 Å². The van der Waals surface area contributed by atoms with Crippen LogP contribution in [0.4, 0.5) is 0 Å². The quantitative estimate of drug-likeness (QED) is 0.261. The van der Waals surface area contributed by atoms with Crippen LogP contribution in [0.3, 0.4) is 0 Å². The van der Waals surface area contributed by atoms with E-state index in [1.54, 1.807) is 0 Å². The topological polar surface area (TPSA) is 36.9 Å². The van der Waals surface area contributed by atoms with Crippen LogP contribution in [0.25, 0.3) is 6.08 Å². The largest absolute Gasteiger partial charge is 0.479 e. The van der Waals surface area contributed by atoms with Gasteiger partial charge in [0.1, 0.15) is 38.0 Å². The zero-order valence-electron chi connectivity index (χ0n) is 17.6. The van der Waals surface area contributed by atoms with Crippen LogP contribution in [0.2, 0.25) is 0 Å². The number of benzene rings is 2. The first-order valence-corrected chi connectivity index (χ1v) is 21.2. The van der Waals surface area contributed by atoms with E-state index in [0.29, 0.717) is 8.50 Å². The summed E-state index contributed by atoms with van der Waals surface area (Å²) in [7, 11) is 14.7. The van der Waals surface area contributed by atoms with Crippen LogP contribution in [0.5, 0.6) is 23.0 Å². The van der Waals surface area contributed by atoms with E-state index >= 15 is 0 Å². The third-order valence-electron chi connectivity index (χ3n) is 4.59. The van der Waals surface area contributed by atoms with Gasteiger partial charge in [-0.1, -0.05) is 62.9 Å². The van der Waals surface area contributed by atoms with Gasteiger partial charge in [0.15, 0.2) is 0 Å². The van der Waals surface area contributed by atoms with E-state index < -0.39 is 15.1 Å². The Balaban J connectivity index is 2.39. The molecule has 7 atom stereocenters. The van der Waals surface area contributed by atoms with Gasteiger partial charge < -0.3 is 18.1 Å². The van der Waals surface area contributed by atoms with Crippen LogP contribution in [-0.2, 0) is 6.42 Å². The second kappa shape index (κ2) is 14.0. The summed E-state index contributed by atoms with van der Waals surface area (Å²) in [6.45, 7) is 6.19. The highest BCUT2D eigenvalue weighted by atomic mass is 32.4. The van der Waals surface area contributed by atoms with Gasteiger partial charge in [-0.2, -0.15) is 0 Å². The molecular formula is C18H29O4P9. The van der Waals surface area contributed by atoms with Crippen LogP contribution in [-0.4, -0.2) is 0 Å². The fourth-order valence-corrected chi connectivity index (χ4v) is 6.31. The maximum atomic E-state index is 6.05. The summed E-state index contributed by atoms with van der Waals surface area (Å²) in [6.07, 6.45) is 4.95. The molecule has 7 unspecified atom stereocenters. The van der Waals surface area contributed by atoms with Crippen LogP contribution >= 0.6 is 77.7 Å². The van der Waals surface area contributed by atoms with Crippen molar-refractivity contribution in [3.63, 3.8) is 0 Å². The Kier molecular flexibility index (Phi) is 12.8. The molecule has 0 saturated carbocycles. The van der Waals surface area contributed by atoms with Gasteiger partial charge in [0, 0.05) is 17.2 Å². The number of rotatable bonds is 10. The lowest BCUT2D eigenvalue weighted by Crippen LogP contribution is -1.98. The summed E-state index contributed by atoms with van der Waals surface area (Å²) in [6, 6.07) is 6.00. The molecule has 13 heteroatoms. The third-order valence-corrected chi connectivity index (χ3v) is 7.59. The van der Waals surface area contributed by atoms with Gasteiger partial charge in [0.05, 0.1) is 18.0 Å². The summed E-state index contributed by atoms with van der Waals surface area (Å²) in [5.41, 5.74) is 5.36. The predicted octanol–water partition coefficient (Wildman–Crippen LogP) is 8.51. The van der Waals surface area contributed by atoms with Crippen molar-refractivity contribution in [2.75, 3.05) is 0 Å². The summed E-state index contributed by atoms with van der Waals surface area (Å²) in [5.74, 6) is 3.40. The van der Waals surface area contributed by atoms with E-state index in [1.807, 2.05) is 12.1 Å². The van der Waals surface area contributed by atoms with Gasteiger partial charge >= 0.3 is 0 Å². The third kappa shape index (κ3) is 8.16. The molecule has 31 heavy (non-hydrogen) atoms. The molecule has 170 valence electrons. The van der Waals surface area contributed by atoms with Gasteiger partial charge in [0.2, 0.25) is 0 Å². The normalized spacial score (nSPS) is 11.8. The number of hydrogen-bond donors (Lipinski definition) is 0. The Morgan fingerprint density at radius 2 is 1.58 bits per heavy atom. The minimum Gasteiger partial charge on any atom is -0.479 e. The molecule has 2 rings (SSSR count). The van der Waals surface area contributed by atoms with E-state index in [2.05, 4.69) is 93.1 Å². The second-order valence-corrected chi connectivity index (χ2v) is 19.4. The molecule has 4 nitrogen and oxygen atoms in total. The van der Waals surface area contributed by atoms with E-state index in [4.69, 9.17) is 18.1 Å². The van der Waals surface area contributed by atoms with E-state index in [0.717, 1.165) is 57.2 Å². The van der Waals surface area contributed by atoms with Crippen molar-refractivity contribution in [2.45, 2.75) is 27.2 Å². The Morgan fingerprint density at radius 3 is 2.16 bits per heavy atom. The van der Waals surface area contributed by atoms with Gasteiger partial charge in [0.25, 0.3) is 0 Å². The molecule has 0 N–H and O–H groups in total. The van der Waals surface area contributed by atoms with Crippen molar-refractivity contribution >= 4 is 83.7 Å². The molecule has 0 radical (unpaired) electrons. The van der Waals surface area contributed by atoms with Gasteiger partial charge in [-0.05, 0) is 49.9 Å². The molecule has 0 aromatic heterocycles. The number of hydrogen-bond acceptors (Lipinski definition) is 4. The fraction of sp³-hybridized carbons (Fsp3) is 0.222. The zero-order valence-corrected chi connectivity index (χ0v) is 27.3. The number of allylic oxidation sites excluding steroid dienone is 1. The Hall–Kier alpha value is 1.25. The first-order chi connectivity index (χ1) is 14.7. The molecule has 0 spiro atoms. The first-order valence-electron chi connectivity index (χ1n) is 9.06. The van der Waals surface area contributed by atoms with Crippen molar-refractivity contribution < 1.29 is 18.1 Å². The zero-order chi connectivity index (χ0) is 23.1. The average Bonchev–Trinajstić information content (AvgIpc) is 2.69. The van der Waals surface area contributed by atoms with E-state index in [-0.39, 0.29) is 0 Å². The highest BCUT2D eigenvalue weighted by molar-refractivity contribution is 8.41. The molecule has 0 saturated heterocycles. The monoisotopic (exact) mass is 588 g/mol. The average molecular weight is 588 g/mol. The molecule has 0 aliphatic heterocycles. The van der Waals surface area contributed by atoms with Crippen LogP contribution in [0.1, 0.15) is 27.8 Å². The SMILES string of the molecule is Cc1c(C)c(OP)c(/C=C/Cc2ccc(OP(P)P)cc2OP(P)P)c(C)c1OPP. The summed E-state index contributed by atoms with van der Waals surface area (Å²) in [4.78, 5) is 0. The molecule has 0 fully saturated rings. The molecule has 0 aliphatic rings. The molecule has 0 heterocycles. The highest BCUT2D eigenvalue weighted by Gasteiger charge is 2.17. The van der Waals surface area contributed by atoms with Crippen LogP contribution in [0, 0.1) is 20.8 Å². The van der Waals surface area contributed by atoms with Crippen molar-refractivity contribution in [2.24, 2.45) is 0 Å². The van der Waals surface area contributed by atoms with Crippen molar-refractivity contribution in [3.05, 3.63) is 52.1 Å². The van der Waals surface area contributed by atoms with Crippen LogP contribution in [0.15, 0.2) is 24.3 Å². The summed E-state index contributed by atoms with van der Waals surface area (Å²) >= 11 is 0. The lowest BCUT2D eigenvalue weighted by Gasteiger charge is -2.19. The second-order valence-electron chi connectivity index (χ2n) is 6.56. The highest BCUT2D eigenvalue weighted by Crippen LogP contribution is 2.56. The Morgan fingerprint density at radius 1 is 0.935 bits per heavy atom. The molecule has 0 amide bonds. The Bertz CT molecular complexity index is 935. The lowest BCUT2D eigenvalue weighted by molar-refractivity contribution is 0.604. The molecule has 2 aromatic carbocycles. The van der Waals surface area contributed by atoms with Crippen molar-refractivity contribution in [1.82, 2.24) is 0 Å². The molecule has 0 aliphatic carbocycles. The lowest BCUT2D eigenvalue weighted by atomic mass is 9.96. The van der Waals surface area contributed by atoms with Crippen molar-refractivity contribution in [1.29, 1.82) is 0 Å². The first kappa shape index (κ1) is 28.5. The molecular weight excluding hydrogens is 559 g/mol. The Labute approximate surface area is 203 Å². The minimum atomic E-state index is -0.706. The van der Waals surface area contributed by atoms with Crippen molar-refractivity contribution in [3.8, 4) is 23.0 Å².